The number of amides is 1. The van der Waals surface area contributed by atoms with Gasteiger partial charge in [0.05, 0.1) is 5.69 Å². The van der Waals surface area contributed by atoms with Crippen molar-refractivity contribution in [1.29, 1.82) is 0 Å². The van der Waals surface area contributed by atoms with Crippen LogP contribution in [0.5, 0.6) is 0 Å². The van der Waals surface area contributed by atoms with Gasteiger partial charge in [-0.3, -0.25) is 4.79 Å². The molecule has 0 aliphatic heterocycles. The fourth-order valence-corrected chi connectivity index (χ4v) is 2.21. The van der Waals surface area contributed by atoms with Crippen LogP contribution in [0.1, 0.15) is 58.3 Å². The zero-order chi connectivity index (χ0) is 14.8. The Hall–Kier alpha value is -1.09. The number of benzene rings is 1. The van der Waals surface area contributed by atoms with Crippen molar-refractivity contribution < 1.29 is 9.18 Å². The molecule has 0 radical (unpaired) electrons. The molecule has 0 saturated heterocycles. The van der Waals surface area contributed by atoms with E-state index in [1.54, 1.807) is 6.07 Å². The van der Waals surface area contributed by atoms with Gasteiger partial charge < -0.3 is 5.32 Å². The van der Waals surface area contributed by atoms with Crippen LogP contribution in [-0.2, 0) is 4.79 Å². The van der Waals surface area contributed by atoms with Crippen LogP contribution in [0.3, 0.4) is 0 Å². The monoisotopic (exact) mass is 299 g/mol. The Labute approximate surface area is 125 Å². The van der Waals surface area contributed by atoms with E-state index in [-0.39, 0.29) is 11.6 Å². The minimum absolute atomic E-state index is 0.139. The van der Waals surface area contributed by atoms with E-state index in [9.17, 15) is 9.18 Å². The third-order valence-corrected chi connectivity index (χ3v) is 3.45. The molecule has 0 unspecified atom stereocenters. The maximum atomic E-state index is 13.5. The van der Waals surface area contributed by atoms with E-state index in [1.807, 2.05) is 0 Å². The van der Waals surface area contributed by atoms with E-state index < -0.39 is 5.82 Å². The first-order valence-electron chi connectivity index (χ1n) is 7.38. The molecule has 0 atom stereocenters. The molecule has 2 nitrogen and oxygen atoms in total. The lowest BCUT2D eigenvalue weighted by atomic mass is 10.1. The predicted octanol–water partition coefficient (Wildman–Crippen LogP) is 5.56. The van der Waals surface area contributed by atoms with Crippen molar-refractivity contribution in [3.63, 3.8) is 0 Å². The molecular formula is C16H23ClFNO. The molecule has 0 heterocycles. The van der Waals surface area contributed by atoms with Gasteiger partial charge in [-0.1, -0.05) is 57.0 Å². The highest BCUT2D eigenvalue weighted by Crippen LogP contribution is 2.19. The molecule has 0 bridgehead atoms. The highest BCUT2D eigenvalue weighted by Gasteiger charge is 2.07. The predicted molar refractivity (Wildman–Crippen MR) is 82.6 cm³/mol. The summed E-state index contributed by atoms with van der Waals surface area (Å²) in [6.07, 6.45) is 8.57. The molecule has 0 aliphatic rings. The summed E-state index contributed by atoms with van der Waals surface area (Å²) >= 11 is 5.66. The van der Waals surface area contributed by atoms with E-state index in [4.69, 9.17) is 11.6 Å². The molecule has 1 rings (SSSR count). The Bertz CT molecular complexity index is 423. The van der Waals surface area contributed by atoms with Gasteiger partial charge in [-0.05, 0) is 24.6 Å². The summed E-state index contributed by atoms with van der Waals surface area (Å²) in [5.74, 6) is -0.634. The van der Waals surface area contributed by atoms with Crippen molar-refractivity contribution in [2.24, 2.45) is 0 Å². The number of rotatable bonds is 9. The Kier molecular flexibility index (Phi) is 8.28. The van der Waals surface area contributed by atoms with E-state index in [0.717, 1.165) is 12.8 Å². The fraction of sp³-hybridized carbons (Fsp3) is 0.562. The minimum atomic E-state index is -0.495. The lowest BCUT2D eigenvalue weighted by molar-refractivity contribution is -0.116. The zero-order valence-electron chi connectivity index (χ0n) is 12.1. The first kappa shape index (κ1) is 17.0. The highest BCUT2D eigenvalue weighted by molar-refractivity contribution is 6.30. The fourth-order valence-electron chi connectivity index (χ4n) is 2.05. The van der Waals surface area contributed by atoms with E-state index in [1.165, 1.54) is 44.2 Å². The Balaban J connectivity index is 2.17. The van der Waals surface area contributed by atoms with Crippen molar-refractivity contribution >= 4 is 23.2 Å². The molecule has 1 aromatic carbocycles. The van der Waals surface area contributed by atoms with Gasteiger partial charge in [0.2, 0.25) is 5.91 Å². The average molecular weight is 300 g/mol. The van der Waals surface area contributed by atoms with E-state index in [2.05, 4.69) is 12.2 Å². The first-order valence-corrected chi connectivity index (χ1v) is 7.76. The first-order chi connectivity index (χ1) is 9.63. The van der Waals surface area contributed by atoms with Crippen molar-refractivity contribution in [1.82, 2.24) is 0 Å². The summed E-state index contributed by atoms with van der Waals surface area (Å²) in [5.41, 5.74) is 0.197. The Morgan fingerprint density at radius 3 is 2.45 bits per heavy atom. The van der Waals surface area contributed by atoms with E-state index in [0.29, 0.717) is 11.4 Å². The molecule has 0 saturated carbocycles. The largest absolute Gasteiger partial charge is 0.324 e. The average Bonchev–Trinajstić information content (AvgIpc) is 2.41. The summed E-state index contributed by atoms with van der Waals surface area (Å²) in [5, 5.41) is 2.90. The van der Waals surface area contributed by atoms with Gasteiger partial charge in [0.15, 0.2) is 0 Å². The third kappa shape index (κ3) is 6.90. The highest BCUT2D eigenvalue weighted by atomic mass is 35.5. The van der Waals surface area contributed by atoms with Crippen LogP contribution < -0.4 is 5.32 Å². The smallest absolute Gasteiger partial charge is 0.224 e. The van der Waals surface area contributed by atoms with Gasteiger partial charge in [-0.2, -0.15) is 0 Å². The molecule has 20 heavy (non-hydrogen) atoms. The standard InChI is InChI=1S/C16H23ClFNO/c1-2-3-4-5-6-7-8-9-16(20)19-15-11-10-13(17)12-14(15)18/h10-12H,2-9H2,1H3,(H,19,20). The summed E-state index contributed by atoms with van der Waals surface area (Å²) in [7, 11) is 0. The van der Waals surface area contributed by atoms with Crippen LogP contribution in [0.15, 0.2) is 18.2 Å². The van der Waals surface area contributed by atoms with Crippen molar-refractivity contribution in [2.75, 3.05) is 5.32 Å². The number of halogens is 2. The molecule has 1 N–H and O–H groups in total. The topological polar surface area (TPSA) is 29.1 Å². The molecule has 4 heteroatoms. The number of carbonyl (C=O) groups excluding carboxylic acids is 1. The van der Waals surface area contributed by atoms with Crippen molar-refractivity contribution in [3.05, 3.63) is 29.0 Å². The lowest BCUT2D eigenvalue weighted by Crippen LogP contribution is -2.12. The zero-order valence-corrected chi connectivity index (χ0v) is 12.8. The molecule has 0 aliphatic carbocycles. The number of carbonyl (C=O) groups is 1. The van der Waals surface area contributed by atoms with E-state index >= 15 is 0 Å². The van der Waals surface area contributed by atoms with Crippen LogP contribution in [0, 0.1) is 5.82 Å². The normalized spacial score (nSPS) is 10.6. The van der Waals surface area contributed by atoms with Crippen LogP contribution in [0.25, 0.3) is 0 Å². The van der Waals surface area contributed by atoms with Crippen LogP contribution in [-0.4, -0.2) is 5.91 Å². The lowest BCUT2D eigenvalue weighted by Gasteiger charge is -2.06. The maximum Gasteiger partial charge on any atom is 0.224 e. The summed E-state index contributed by atoms with van der Waals surface area (Å²) in [6, 6.07) is 4.25. The molecule has 1 amide bonds. The van der Waals surface area contributed by atoms with Crippen molar-refractivity contribution in [3.8, 4) is 0 Å². The summed E-state index contributed by atoms with van der Waals surface area (Å²) in [4.78, 5) is 11.7. The molecule has 112 valence electrons. The van der Waals surface area contributed by atoms with Crippen LogP contribution in [0.2, 0.25) is 5.02 Å². The number of hydrogen-bond donors (Lipinski definition) is 1. The van der Waals surface area contributed by atoms with Gasteiger partial charge in [0, 0.05) is 11.4 Å². The third-order valence-electron chi connectivity index (χ3n) is 3.21. The Morgan fingerprint density at radius 1 is 1.15 bits per heavy atom. The van der Waals surface area contributed by atoms with Crippen LogP contribution in [0.4, 0.5) is 10.1 Å². The second-order valence-electron chi connectivity index (χ2n) is 5.04. The number of anilines is 1. The summed E-state index contributed by atoms with van der Waals surface area (Å²) < 4.78 is 13.5. The summed E-state index contributed by atoms with van der Waals surface area (Å²) in [6.45, 7) is 2.19. The van der Waals surface area contributed by atoms with Crippen LogP contribution >= 0.6 is 11.6 Å². The quantitative estimate of drug-likeness (QED) is 0.594. The second-order valence-corrected chi connectivity index (χ2v) is 5.48. The van der Waals surface area contributed by atoms with Gasteiger partial charge in [-0.15, -0.1) is 0 Å². The van der Waals surface area contributed by atoms with Crippen molar-refractivity contribution in [2.45, 2.75) is 58.3 Å². The number of unbranched alkanes of at least 4 members (excludes halogenated alkanes) is 6. The molecular weight excluding hydrogens is 277 g/mol. The van der Waals surface area contributed by atoms with Gasteiger partial charge >= 0.3 is 0 Å². The maximum absolute atomic E-state index is 13.5. The van der Waals surface area contributed by atoms with Gasteiger partial charge in [0.1, 0.15) is 5.82 Å². The minimum Gasteiger partial charge on any atom is -0.324 e. The number of nitrogens with one attached hydrogen (secondary N) is 1. The Morgan fingerprint density at radius 2 is 1.80 bits per heavy atom. The number of hydrogen-bond acceptors (Lipinski definition) is 1. The van der Waals surface area contributed by atoms with Gasteiger partial charge in [0.25, 0.3) is 0 Å². The SMILES string of the molecule is CCCCCCCCCC(=O)Nc1ccc(Cl)cc1F. The molecule has 0 fully saturated rings. The van der Waals surface area contributed by atoms with Gasteiger partial charge in [-0.25, -0.2) is 4.39 Å². The molecule has 0 spiro atoms. The second kappa shape index (κ2) is 9.76. The molecule has 0 aromatic heterocycles. The molecule has 1 aromatic rings.